The normalized spacial score (nSPS) is 11.2. The summed E-state index contributed by atoms with van der Waals surface area (Å²) in [6.07, 6.45) is 11.1. The quantitative estimate of drug-likeness (QED) is 0.0774. The summed E-state index contributed by atoms with van der Waals surface area (Å²) < 4.78 is 0. The topological polar surface area (TPSA) is 116 Å². The Hall–Kier alpha value is -19.6. The van der Waals surface area contributed by atoms with Crippen LogP contribution in [0.1, 0.15) is 0 Å². The van der Waals surface area contributed by atoms with E-state index in [1.165, 1.54) is 98.4 Å². The van der Waals surface area contributed by atoms with Crippen molar-refractivity contribution in [2.24, 2.45) is 0 Å². The van der Waals surface area contributed by atoms with E-state index in [9.17, 15) is 0 Å². The van der Waals surface area contributed by atoms with Crippen LogP contribution < -0.4 is 0 Å². The second-order valence-corrected chi connectivity index (χ2v) is 36.3. The minimum absolute atomic E-state index is 0.691. The number of pyridine rings is 3. The van der Waals surface area contributed by atoms with E-state index in [1.807, 2.05) is 48.9 Å². The van der Waals surface area contributed by atoms with Crippen molar-refractivity contribution in [3.05, 3.63) is 553 Å². The molecular formula is C137H91N9. The van der Waals surface area contributed by atoms with Gasteiger partial charge in [0.15, 0.2) is 17.5 Å². The Balaban J connectivity index is 0.000000118. The van der Waals surface area contributed by atoms with Crippen molar-refractivity contribution in [3.8, 4) is 202 Å². The van der Waals surface area contributed by atoms with Gasteiger partial charge in [-0.05, 0) is 203 Å². The van der Waals surface area contributed by atoms with Crippen LogP contribution in [0.15, 0.2) is 553 Å². The zero-order chi connectivity index (χ0) is 97.3. The molecule has 0 atom stereocenters. The maximum Gasteiger partial charge on any atom is 0.160 e. The Morgan fingerprint density at radius 3 is 0.678 bits per heavy atom. The molecule has 26 aromatic rings. The predicted octanol–water partition coefficient (Wildman–Crippen LogP) is 35.4. The van der Waals surface area contributed by atoms with E-state index in [4.69, 9.17) is 29.9 Å². The minimum atomic E-state index is 0.691. The Labute approximate surface area is 847 Å². The van der Waals surface area contributed by atoms with Gasteiger partial charge in [0.1, 0.15) is 0 Å². The third kappa shape index (κ3) is 19.0. The highest BCUT2D eigenvalue weighted by Crippen LogP contribution is 2.42. The first-order valence-corrected chi connectivity index (χ1v) is 49.1. The van der Waals surface area contributed by atoms with Crippen molar-refractivity contribution >= 4 is 53.9 Å². The largest absolute Gasteiger partial charge is 0.264 e. The number of benzene rings is 20. The predicted molar refractivity (Wildman–Crippen MR) is 605 cm³/mol. The number of hydrogen-bond acceptors (Lipinski definition) is 9. The van der Waals surface area contributed by atoms with E-state index in [1.54, 1.807) is 18.6 Å². The van der Waals surface area contributed by atoms with E-state index in [0.717, 1.165) is 140 Å². The average molecular weight is 1860 g/mol. The first-order valence-electron chi connectivity index (χ1n) is 49.1. The molecule has 0 fully saturated rings. The molecule has 6 aromatic heterocycles. The SMILES string of the molecule is c1ccc(-c2ccc(-c3nc(-c4ccc(-c5cccnc5)cc4)cc(-c4ccc(-c5cccc6ccccc56)cc4)n3)cc2)cc1.c1ccc(-c2cccc(-c3nc(-c4ccc(-c5cccnc5)cc4)cc(-c4ccc(-c5cc6ccccc6c6ccccc56)cc4)n3)c2)cc1.c1cncc(-c2ccc(-c3cc(-c4ccc(-c5cccc6ccccc56)cc4)nc(-c4ccc(-c5cccc6ccccc56)cc4)n3)cc2)c1. The van der Waals surface area contributed by atoms with Gasteiger partial charge in [-0.3, -0.25) is 15.0 Å². The lowest BCUT2D eigenvalue weighted by Crippen LogP contribution is -1.96. The van der Waals surface area contributed by atoms with Crippen molar-refractivity contribution in [2.45, 2.75) is 0 Å². The molecule has 6 heterocycles. The molecule has 20 aromatic carbocycles. The van der Waals surface area contributed by atoms with Crippen molar-refractivity contribution in [3.63, 3.8) is 0 Å². The van der Waals surface area contributed by atoms with Gasteiger partial charge in [0.05, 0.1) is 34.2 Å². The molecule has 9 nitrogen and oxygen atoms in total. The van der Waals surface area contributed by atoms with Gasteiger partial charge in [0.2, 0.25) is 0 Å². The second-order valence-electron chi connectivity index (χ2n) is 36.3. The van der Waals surface area contributed by atoms with Crippen molar-refractivity contribution in [1.82, 2.24) is 44.9 Å². The lowest BCUT2D eigenvalue weighted by atomic mass is 9.92. The smallest absolute Gasteiger partial charge is 0.160 e. The summed E-state index contributed by atoms with van der Waals surface area (Å²) in [5.41, 5.74) is 35.2. The summed E-state index contributed by atoms with van der Waals surface area (Å²) >= 11 is 0. The highest BCUT2D eigenvalue weighted by atomic mass is 14.9. The fourth-order valence-electron chi connectivity index (χ4n) is 19.6. The molecule has 0 amide bonds. The number of fused-ring (bicyclic) bond motifs is 6. The second kappa shape index (κ2) is 40.7. The Kier molecular flexibility index (Phi) is 24.8. The van der Waals surface area contributed by atoms with Crippen LogP contribution in [0.5, 0.6) is 0 Å². The monoisotopic (exact) mass is 1860 g/mol. The lowest BCUT2D eigenvalue weighted by molar-refractivity contribution is 1.18. The molecule has 0 saturated carbocycles. The molecule has 0 spiro atoms. The van der Waals surface area contributed by atoms with Crippen LogP contribution in [0.25, 0.3) is 256 Å². The first kappa shape index (κ1) is 89.0. The molecule has 0 unspecified atom stereocenters. The summed E-state index contributed by atoms with van der Waals surface area (Å²) in [4.78, 5) is 43.6. The first-order chi connectivity index (χ1) is 72.3. The van der Waals surface area contributed by atoms with Gasteiger partial charge in [-0.25, -0.2) is 29.9 Å². The van der Waals surface area contributed by atoms with Gasteiger partial charge < -0.3 is 0 Å². The van der Waals surface area contributed by atoms with Crippen LogP contribution in [0, 0.1) is 0 Å². The van der Waals surface area contributed by atoms with Gasteiger partial charge in [0, 0.05) is 87.3 Å². The summed E-state index contributed by atoms with van der Waals surface area (Å²) in [5.74, 6) is 2.08. The fourth-order valence-corrected chi connectivity index (χ4v) is 19.6. The van der Waals surface area contributed by atoms with Gasteiger partial charge in [-0.2, -0.15) is 0 Å². The van der Waals surface area contributed by atoms with Gasteiger partial charge in [-0.15, -0.1) is 0 Å². The number of aromatic nitrogens is 9. The van der Waals surface area contributed by atoms with Crippen LogP contribution in [0.3, 0.4) is 0 Å². The molecule has 684 valence electrons. The zero-order valence-electron chi connectivity index (χ0n) is 79.6. The maximum atomic E-state index is 5.17. The maximum absolute atomic E-state index is 5.17. The molecule has 0 radical (unpaired) electrons. The van der Waals surface area contributed by atoms with Gasteiger partial charge >= 0.3 is 0 Å². The molecular weight excluding hydrogens is 1770 g/mol. The average Bonchev–Trinajstić information content (AvgIpc) is 0.764. The van der Waals surface area contributed by atoms with Crippen LogP contribution in [-0.4, -0.2) is 44.9 Å². The summed E-state index contributed by atoms with van der Waals surface area (Å²) in [7, 11) is 0. The molecule has 146 heavy (non-hydrogen) atoms. The van der Waals surface area contributed by atoms with E-state index in [-0.39, 0.29) is 0 Å². The van der Waals surface area contributed by atoms with E-state index >= 15 is 0 Å². The Morgan fingerprint density at radius 1 is 0.110 bits per heavy atom. The summed E-state index contributed by atoms with van der Waals surface area (Å²) in [6, 6.07) is 181. The fraction of sp³-hybridized carbons (Fsp3) is 0. The highest BCUT2D eigenvalue weighted by molar-refractivity contribution is 6.14. The van der Waals surface area contributed by atoms with E-state index in [0.29, 0.717) is 17.5 Å². The van der Waals surface area contributed by atoms with Gasteiger partial charge in [-0.1, -0.05) is 467 Å². The molecule has 0 aliphatic heterocycles. The van der Waals surface area contributed by atoms with E-state index in [2.05, 4.69) is 500 Å². The summed E-state index contributed by atoms with van der Waals surface area (Å²) in [5, 5.41) is 12.5. The van der Waals surface area contributed by atoms with Crippen LogP contribution in [0.2, 0.25) is 0 Å². The standard InChI is InChI=1S/2C47H31N3.C43H29N3/c1-3-13-41-33(8-1)10-5-15-43(41)35-19-25-38(26-20-35)46-30-45(37-23-17-32(18-24-37)40-12-7-29-48-31-40)49-47(50-46)39-27-21-36(22-28-39)44-16-6-11-34-9-2-4-14-42(34)44;1-2-10-32(11-3-1)37-13-8-14-39(28-37)47-49-45(35-23-19-33(20-24-35)40-15-9-27-48-31-40)30-46(50-47)36-25-21-34(22-26-36)44-29-38-12-4-5-16-41(38)42-17-6-7-18-43(42)44;1-2-8-30(9-3-1)31-17-25-37(26-18-31)43-45-41(35-21-15-32(16-22-35)38-12-7-27-44-29-38)28-42(46-43)36-23-19-34(20-24-36)40-14-6-11-33-10-4-5-13-39(33)40/h2*1-31H;1-29H. The molecule has 0 saturated heterocycles. The molecule has 0 aliphatic carbocycles. The zero-order valence-corrected chi connectivity index (χ0v) is 79.6. The molecule has 26 rings (SSSR count). The number of rotatable bonds is 18. The molecule has 9 heteroatoms. The third-order valence-corrected chi connectivity index (χ3v) is 27.2. The molecule has 0 N–H and O–H groups in total. The minimum Gasteiger partial charge on any atom is -0.264 e. The third-order valence-electron chi connectivity index (χ3n) is 27.2. The van der Waals surface area contributed by atoms with Gasteiger partial charge in [0.25, 0.3) is 0 Å². The Morgan fingerprint density at radius 2 is 0.336 bits per heavy atom. The van der Waals surface area contributed by atoms with Crippen molar-refractivity contribution in [2.75, 3.05) is 0 Å². The van der Waals surface area contributed by atoms with Crippen LogP contribution >= 0.6 is 0 Å². The molecule has 0 bridgehead atoms. The highest BCUT2D eigenvalue weighted by Gasteiger charge is 2.21. The molecule has 0 aliphatic rings. The number of hydrogen-bond donors (Lipinski definition) is 0. The van der Waals surface area contributed by atoms with Crippen molar-refractivity contribution in [1.29, 1.82) is 0 Å². The van der Waals surface area contributed by atoms with Crippen LogP contribution in [0.4, 0.5) is 0 Å². The van der Waals surface area contributed by atoms with Crippen molar-refractivity contribution < 1.29 is 0 Å². The van der Waals surface area contributed by atoms with Crippen LogP contribution in [-0.2, 0) is 0 Å². The lowest BCUT2D eigenvalue weighted by Gasteiger charge is -2.13. The Bertz CT molecular complexity index is 8930. The van der Waals surface area contributed by atoms with E-state index < -0.39 is 0 Å². The number of nitrogens with zero attached hydrogens (tertiary/aromatic N) is 9. The summed E-state index contributed by atoms with van der Waals surface area (Å²) in [6.45, 7) is 0.